The minimum Gasteiger partial charge on any atom is -0.301 e. The Bertz CT molecular complexity index is 1400. The normalized spacial score (nSPS) is 11.1. The largest absolute Gasteiger partial charge is 0.301 e. The molecular weight excluding hydrogens is 452 g/mol. The number of rotatable bonds is 7. The van der Waals surface area contributed by atoms with Crippen LogP contribution in [0.1, 0.15) is 12.5 Å². The zero-order valence-electron chi connectivity index (χ0n) is 17.8. The fourth-order valence-corrected chi connectivity index (χ4v) is 5.08. The number of anilines is 1. The number of thioether (sulfide) groups is 1. The van der Waals surface area contributed by atoms with Gasteiger partial charge in [0.25, 0.3) is 0 Å². The van der Waals surface area contributed by atoms with Crippen molar-refractivity contribution < 1.29 is 4.79 Å². The Morgan fingerprint density at radius 1 is 1.09 bits per heavy atom. The van der Waals surface area contributed by atoms with Gasteiger partial charge in [0.1, 0.15) is 0 Å². The first-order chi connectivity index (χ1) is 16.2. The van der Waals surface area contributed by atoms with Gasteiger partial charge in [-0.15, -0.1) is 10.2 Å². The van der Waals surface area contributed by atoms with E-state index < -0.39 is 0 Å². The summed E-state index contributed by atoms with van der Waals surface area (Å²) in [4.78, 5) is 21.4. The van der Waals surface area contributed by atoms with Crippen LogP contribution in [0.4, 0.5) is 5.13 Å². The van der Waals surface area contributed by atoms with Gasteiger partial charge in [0.2, 0.25) is 5.91 Å². The third-order valence-corrected chi connectivity index (χ3v) is 6.87. The molecule has 0 saturated heterocycles. The zero-order valence-corrected chi connectivity index (χ0v) is 19.4. The predicted molar refractivity (Wildman–Crippen MR) is 133 cm³/mol. The number of thiazole rings is 1. The van der Waals surface area contributed by atoms with Crippen LogP contribution in [-0.4, -0.2) is 36.4 Å². The van der Waals surface area contributed by atoms with Gasteiger partial charge in [0, 0.05) is 23.6 Å². The topological polar surface area (TPSA) is 85.6 Å². The van der Waals surface area contributed by atoms with Gasteiger partial charge in [-0.05, 0) is 48.4 Å². The number of nitrogens with one attached hydrogen (secondary N) is 1. The molecule has 9 heteroatoms. The fourth-order valence-electron chi connectivity index (χ4n) is 3.38. The Morgan fingerprint density at radius 2 is 1.97 bits per heavy atom. The molecule has 0 unspecified atom stereocenters. The zero-order chi connectivity index (χ0) is 22.6. The van der Waals surface area contributed by atoms with E-state index in [0.717, 1.165) is 27.9 Å². The second kappa shape index (κ2) is 9.51. The summed E-state index contributed by atoms with van der Waals surface area (Å²) >= 11 is 2.82. The molecule has 3 heterocycles. The van der Waals surface area contributed by atoms with E-state index in [1.807, 2.05) is 53.1 Å². The van der Waals surface area contributed by atoms with Crippen LogP contribution in [0.5, 0.6) is 0 Å². The van der Waals surface area contributed by atoms with E-state index in [2.05, 4.69) is 44.5 Å². The van der Waals surface area contributed by atoms with E-state index in [0.29, 0.717) is 16.1 Å². The van der Waals surface area contributed by atoms with Gasteiger partial charge in [-0.1, -0.05) is 54.3 Å². The Balaban J connectivity index is 1.35. The second-order valence-electron chi connectivity index (χ2n) is 7.23. The summed E-state index contributed by atoms with van der Waals surface area (Å²) < 4.78 is 3.01. The minimum absolute atomic E-state index is 0.139. The SMILES string of the molecule is CCc1ccc2nc(NC(=O)CSc3nnc(-c4cccnc4)n3-c3ccccc3)sc2c1. The molecular formula is C24H20N6OS2. The first kappa shape index (κ1) is 21.3. The molecule has 0 fully saturated rings. The molecule has 0 bridgehead atoms. The van der Waals surface area contributed by atoms with Crippen LogP contribution in [0.3, 0.4) is 0 Å². The van der Waals surface area contributed by atoms with E-state index in [1.54, 1.807) is 12.4 Å². The van der Waals surface area contributed by atoms with Gasteiger partial charge in [-0.2, -0.15) is 0 Å². The molecule has 164 valence electrons. The van der Waals surface area contributed by atoms with Crippen LogP contribution in [0.25, 0.3) is 27.3 Å². The van der Waals surface area contributed by atoms with Gasteiger partial charge < -0.3 is 5.32 Å². The van der Waals surface area contributed by atoms with E-state index >= 15 is 0 Å². The maximum Gasteiger partial charge on any atom is 0.236 e. The number of fused-ring (bicyclic) bond motifs is 1. The third kappa shape index (κ3) is 4.64. The lowest BCUT2D eigenvalue weighted by Crippen LogP contribution is -2.14. The van der Waals surface area contributed by atoms with Gasteiger partial charge in [0.15, 0.2) is 16.1 Å². The number of aryl methyl sites for hydroxylation is 1. The number of para-hydroxylation sites is 1. The van der Waals surface area contributed by atoms with E-state index in [9.17, 15) is 4.79 Å². The molecule has 3 aromatic heterocycles. The summed E-state index contributed by atoms with van der Waals surface area (Å²) in [5.74, 6) is 0.726. The van der Waals surface area contributed by atoms with Crippen LogP contribution in [0.2, 0.25) is 0 Å². The van der Waals surface area contributed by atoms with Gasteiger partial charge in [-0.3, -0.25) is 14.3 Å². The number of amides is 1. The van der Waals surface area contributed by atoms with Crippen molar-refractivity contribution in [3.8, 4) is 17.1 Å². The molecule has 0 aliphatic carbocycles. The molecule has 0 aliphatic rings. The highest BCUT2D eigenvalue weighted by Gasteiger charge is 2.18. The smallest absolute Gasteiger partial charge is 0.236 e. The fraction of sp³-hybridized carbons (Fsp3) is 0.125. The summed E-state index contributed by atoms with van der Waals surface area (Å²) in [5.41, 5.74) is 3.92. The standard InChI is InChI=1S/C24H20N6OS2/c1-2-16-10-11-19-20(13-16)33-23(26-19)27-21(31)15-32-24-29-28-22(17-7-6-12-25-14-17)30(24)18-8-4-3-5-9-18/h3-14H,2,15H2,1H3,(H,26,27,31). The van der Waals surface area contributed by atoms with Crippen molar-refractivity contribution in [2.75, 3.05) is 11.1 Å². The molecule has 0 saturated carbocycles. The van der Waals surface area contributed by atoms with Crippen molar-refractivity contribution in [1.82, 2.24) is 24.7 Å². The number of carbonyl (C=O) groups excluding carboxylic acids is 1. The van der Waals surface area contributed by atoms with Crippen molar-refractivity contribution in [2.45, 2.75) is 18.5 Å². The summed E-state index contributed by atoms with van der Waals surface area (Å²) in [6, 6.07) is 19.8. The highest BCUT2D eigenvalue weighted by molar-refractivity contribution is 7.99. The highest BCUT2D eigenvalue weighted by Crippen LogP contribution is 2.29. The molecule has 2 aromatic carbocycles. The molecule has 0 spiro atoms. The minimum atomic E-state index is -0.139. The lowest BCUT2D eigenvalue weighted by Gasteiger charge is -2.10. The maximum absolute atomic E-state index is 12.7. The third-order valence-electron chi connectivity index (χ3n) is 5.01. The summed E-state index contributed by atoms with van der Waals surface area (Å²) in [7, 11) is 0. The molecule has 1 amide bonds. The van der Waals surface area contributed by atoms with Crippen molar-refractivity contribution in [3.63, 3.8) is 0 Å². The predicted octanol–water partition coefficient (Wildman–Crippen LogP) is 5.23. The van der Waals surface area contributed by atoms with Crippen LogP contribution < -0.4 is 5.32 Å². The number of hydrogen-bond donors (Lipinski definition) is 1. The summed E-state index contributed by atoms with van der Waals surface area (Å²) in [6.07, 6.45) is 4.44. The van der Waals surface area contributed by atoms with Gasteiger partial charge in [0.05, 0.1) is 16.0 Å². The average Bonchev–Trinajstić information content (AvgIpc) is 3.46. The summed E-state index contributed by atoms with van der Waals surface area (Å²) in [5, 5.41) is 12.9. The Kier molecular flexibility index (Phi) is 6.14. The Morgan fingerprint density at radius 3 is 2.76 bits per heavy atom. The molecule has 1 N–H and O–H groups in total. The number of hydrogen-bond acceptors (Lipinski definition) is 7. The molecule has 7 nitrogen and oxygen atoms in total. The van der Waals surface area contributed by atoms with E-state index in [1.165, 1.54) is 28.7 Å². The Hall–Kier alpha value is -3.56. The number of benzene rings is 2. The van der Waals surface area contributed by atoms with Crippen LogP contribution >= 0.6 is 23.1 Å². The summed E-state index contributed by atoms with van der Waals surface area (Å²) in [6.45, 7) is 2.12. The molecule has 0 radical (unpaired) electrons. The van der Waals surface area contributed by atoms with Crippen molar-refractivity contribution >= 4 is 44.4 Å². The van der Waals surface area contributed by atoms with E-state index in [4.69, 9.17) is 0 Å². The average molecular weight is 473 g/mol. The van der Waals surface area contributed by atoms with Crippen molar-refractivity contribution in [3.05, 3.63) is 78.6 Å². The van der Waals surface area contributed by atoms with Crippen molar-refractivity contribution in [2.24, 2.45) is 0 Å². The van der Waals surface area contributed by atoms with Crippen LogP contribution in [0, 0.1) is 0 Å². The molecule has 5 aromatic rings. The number of pyridine rings is 1. The molecule has 0 atom stereocenters. The van der Waals surface area contributed by atoms with Crippen LogP contribution in [0.15, 0.2) is 78.2 Å². The van der Waals surface area contributed by atoms with Gasteiger partial charge >= 0.3 is 0 Å². The van der Waals surface area contributed by atoms with E-state index in [-0.39, 0.29) is 11.7 Å². The lowest BCUT2D eigenvalue weighted by molar-refractivity contribution is -0.113. The first-order valence-electron chi connectivity index (χ1n) is 10.4. The molecule has 5 rings (SSSR count). The molecule has 33 heavy (non-hydrogen) atoms. The number of nitrogens with zero attached hydrogens (tertiary/aromatic N) is 5. The Labute approximate surface area is 198 Å². The lowest BCUT2D eigenvalue weighted by atomic mass is 10.2. The second-order valence-corrected chi connectivity index (χ2v) is 9.20. The van der Waals surface area contributed by atoms with Crippen molar-refractivity contribution in [1.29, 1.82) is 0 Å². The highest BCUT2D eigenvalue weighted by atomic mass is 32.2. The molecule has 0 aliphatic heterocycles. The van der Waals surface area contributed by atoms with Gasteiger partial charge in [-0.25, -0.2) is 4.98 Å². The number of aromatic nitrogens is 5. The first-order valence-corrected chi connectivity index (χ1v) is 12.2. The maximum atomic E-state index is 12.7. The monoisotopic (exact) mass is 472 g/mol. The number of carbonyl (C=O) groups is 1. The quantitative estimate of drug-likeness (QED) is 0.326. The van der Waals surface area contributed by atoms with Crippen LogP contribution in [-0.2, 0) is 11.2 Å².